The van der Waals surface area contributed by atoms with Crippen molar-refractivity contribution in [2.24, 2.45) is 0 Å². The molecule has 1 amide bonds. The Balaban J connectivity index is 2.00. The third-order valence-electron chi connectivity index (χ3n) is 3.44. The van der Waals surface area contributed by atoms with E-state index in [-0.39, 0.29) is 10.8 Å². The average Bonchev–Trinajstić information content (AvgIpc) is 2.62. The lowest BCUT2D eigenvalue weighted by atomic mass is 10.2. The predicted molar refractivity (Wildman–Crippen MR) is 99.2 cm³/mol. The molecular weight excluding hydrogens is 338 g/mol. The molecular formula is C18H23N3O3S. The van der Waals surface area contributed by atoms with Gasteiger partial charge >= 0.3 is 0 Å². The van der Waals surface area contributed by atoms with Crippen molar-refractivity contribution in [1.82, 2.24) is 10.6 Å². The maximum atomic E-state index is 12.3. The van der Waals surface area contributed by atoms with Crippen LogP contribution in [0.2, 0.25) is 0 Å². The van der Waals surface area contributed by atoms with E-state index in [0.717, 1.165) is 13.0 Å². The zero-order valence-corrected chi connectivity index (χ0v) is 15.0. The lowest BCUT2D eigenvalue weighted by Gasteiger charge is -2.10. The standard InChI is InChI=1S/C18H23N3O3S/c1-2-11-19-12-13-20-18(22)15-7-6-8-16(14-15)21-25(23,24)17-9-4-3-5-10-17/h3-10,14,19,21H,2,11-13H2,1H3,(H,20,22). The Hall–Kier alpha value is -2.38. The second kappa shape index (κ2) is 9.19. The molecule has 0 fully saturated rings. The van der Waals surface area contributed by atoms with Crippen LogP contribution in [0.5, 0.6) is 0 Å². The van der Waals surface area contributed by atoms with E-state index in [1.165, 1.54) is 18.2 Å². The molecule has 0 aliphatic carbocycles. The number of hydrogen-bond acceptors (Lipinski definition) is 4. The lowest BCUT2D eigenvalue weighted by Crippen LogP contribution is -2.32. The molecule has 0 aromatic heterocycles. The number of carbonyl (C=O) groups excluding carboxylic acids is 1. The fourth-order valence-electron chi connectivity index (χ4n) is 2.21. The Morgan fingerprint density at radius 1 is 0.960 bits per heavy atom. The van der Waals surface area contributed by atoms with Gasteiger partial charge in [0.1, 0.15) is 0 Å². The van der Waals surface area contributed by atoms with Crippen molar-refractivity contribution in [2.75, 3.05) is 24.4 Å². The first-order valence-corrected chi connectivity index (χ1v) is 9.68. The number of anilines is 1. The van der Waals surface area contributed by atoms with E-state index in [9.17, 15) is 13.2 Å². The average molecular weight is 361 g/mol. The molecule has 2 rings (SSSR count). The summed E-state index contributed by atoms with van der Waals surface area (Å²) >= 11 is 0. The highest BCUT2D eigenvalue weighted by Crippen LogP contribution is 2.17. The third-order valence-corrected chi connectivity index (χ3v) is 4.84. The molecule has 25 heavy (non-hydrogen) atoms. The molecule has 0 aliphatic rings. The van der Waals surface area contributed by atoms with Crippen LogP contribution >= 0.6 is 0 Å². The molecule has 2 aromatic carbocycles. The largest absolute Gasteiger partial charge is 0.351 e. The van der Waals surface area contributed by atoms with Crippen molar-refractivity contribution in [2.45, 2.75) is 18.2 Å². The van der Waals surface area contributed by atoms with Gasteiger partial charge in [-0.3, -0.25) is 9.52 Å². The van der Waals surface area contributed by atoms with Crippen molar-refractivity contribution in [3.05, 3.63) is 60.2 Å². The fraction of sp³-hybridized carbons (Fsp3) is 0.278. The van der Waals surface area contributed by atoms with E-state index >= 15 is 0 Å². The van der Waals surface area contributed by atoms with Crippen LogP contribution in [0.1, 0.15) is 23.7 Å². The first-order chi connectivity index (χ1) is 12.0. The van der Waals surface area contributed by atoms with E-state index in [0.29, 0.717) is 24.3 Å². The number of benzene rings is 2. The van der Waals surface area contributed by atoms with Crippen molar-refractivity contribution in [3.63, 3.8) is 0 Å². The van der Waals surface area contributed by atoms with Crippen molar-refractivity contribution >= 4 is 21.6 Å². The van der Waals surface area contributed by atoms with Gasteiger partial charge < -0.3 is 10.6 Å². The van der Waals surface area contributed by atoms with Gasteiger partial charge in [-0.2, -0.15) is 0 Å². The number of carbonyl (C=O) groups is 1. The van der Waals surface area contributed by atoms with Crippen LogP contribution in [0.15, 0.2) is 59.5 Å². The summed E-state index contributed by atoms with van der Waals surface area (Å²) < 4.78 is 27.2. The molecule has 0 bridgehead atoms. The fourth-order valence-corrected chi connectivity index (χ4v) is 3.28. The number of amides is 1. The minimum atomic E-state index is -3.67. The third kappa shape index (κ3) is 5.88. The van der Waals surface area contributed by atoms with Gasteiger partial charge in [0.25, 0.3) is 15.9 Å². The van der Waals surface area contributed by atoms with E-state index in [1.54, 1.807) is 36.4 Å². The van der Waals surface area contributed by atoms with Crippen LogP contribution in [0.3, 0.4) is 0 Å². The van der Waals surface area contributed by atoms with Crippen molar-refractivity contribution < 1.29 is 13.2 Å². The molecule has 0 atom stereocenters. The first-order valence-electron chi connectivity index (χ1n) is 8.20. The molecule has 7 heteroatoms. The van der Waals surface area contributed by atoms with Gasteiger partial charge in [0.2, 0.25) is 0 Å². The van der Waals surface area contributed by atoms with Crippen LogP contribution in [0, 0.1) is 0 Å². The maximum absolute atomic E-state index is 12.3. The quantitative estimate of drug-likeness (QED) is 0.598. The summed E-state index contributed by atoms with van der Waals surface area (Å²) in [5.74, 6) is -0.237. The summed E-state index contributed by atoms with van der Waals surface area (Å²) in [6.07, 6.45) is 1.04. The molecule has 0 aliphatic heterocycles. The predicted octanol–water partition coefficient (Wildman–Crippen LogP) is 2.22. The van der Waals surface area contributed by atoms with Gasteiger partial charge in [0, 0.05) is 24.3 Å². The normalized spacial score (nSPS) is 11.1. The molecule has 0 spiro atoms. The maximum Gasteiger partial charge on any atom is 0.261 e. The van der Waals surface area contributed by atoms with Crippen LogP contribution in [-0.4, -0.2) is 34.0 Å². The molecule has 0 saturated carbocycles. The molecule has 0 unspecified atom stereocenters. The molecule has 0 radical (unpaired) electrons. The highest BCUT2D eigenvalue weighted by molar-refractivity contribution is 7.92. The second-order valence-corrected chi connectivity index (χ2v) is 7.19. The zero-order chi connectivity index (χ0) is 18.1. The minimum absolute atomic E-state index is 0.173. The van der Waals surface area contributed by atoms with Crippen LogP contribution in [0.25, 0.3) is 0 Å². The SMILES string of the molecule is CCCNCCNC(=O)c1cccc(NS(=O)(=O)c2ccccc2)c1. The molecule has 3 N–H and O–H groups in total. The van der Waals surface area contributed by atoms with Crippen molar-refractivity contribution in [1.29, 1.82) is 0 Å². The summed E-state index contributed by atoms with van der Waals surface area (Å²) in [6, 6.07) is 14.5. The Morgan fingerprint density at radius 3 is 2.44 bits per heavy atom. The van der Waals surface area contributed by atoms with Gasteiger partial charge in [0.05, 0.1) is 4.90 Å². The number of hydrogen-bond donors (Lipinski definition) is 3. The van der Waals surface area contributed by atoms with E-state index in [4.69, 9.17) is 0 Å². The summed E-state index contributed by atoms with van der Waals surface area (Å²) in [5.41, 5.74) is 0.754. The van der Waals surface area contributed by atoms with Gasteiger partial charge in [-0.25, -0.2) is 8.42 Å². The first kappa shape index (κ1) is 19.0. The molecule has 134 valence electrons. The summed E-state index contributed by atoms with van der Waals surface area (Å²) in [4.78, 5) is 12.3. The highest BCUT2D eigenvalue weighted by atomic mass is 32.2. The van der Waals surface area contributed by atoms with Gasteiger partial charge in [-0.15, -0.1) is 0 Å². The number of rotatable bonds is 9. The Bertz CT molecular complexity index is 792. The molecule has 0 saturated heterocycles. The van der Waals surface area contributed by atoms with Crippen LogP contribution < -0.4 is 15.4 Å². The van der Waals surface area contributed by atoms with Crippen LogP contribution in [0.4, 0.5) is 5.69 Å². The zero-order valence-electron chi connectivity index (χ0n) is 14.2. The Morgan fingerprint density at radius 2 is 1.72 bits per heavy atom. The van der Waals surface area contributed by atoms with Crippen LogP contribution in [-0.2, 0) is 10.0 Å². The van der Waals surface area contributed by atoms with Gasteiger partial charge in [0.15, 0.2) is 0 Å². The van der Waals surface area contributed by atoms with Gasteiger partial charge in [-0.05, 0) is 43.3 Å². The van der Waals surface area contributed by atoms with E-state index < -0.39 is 10.0 Å². The Labute approximate surface area is 148 Å². The number of sulfonamides is 1. The topological polar surface area (TPSA) is 87.3 Å². The second-order valence-electron chi connectivity index (χ2n) is 5.51. The minimum Gasteiger partial charge on any atom is -0.351 e. The van der Waals surface area contributed by atoms with Crippen molar-refractivity contribution in [3.8, 4) is 0 Å². The molecule has 2 aromatic rings. The Kier molecular flexibility index (Phi) is 6.97. The smallest absolute Gasteiger partial charge is 0.261 e. The van der Waals surface area contributed by atoms with E-state index in [2.05, 4.69) is 22.3 Å². The summed E-state index contributed by atoms with van der Waals surface area (Å²) in [6.45, 7) is 4.19. The monoisotopic (exact) mass is 361 g/mol. The molecule has 6 nitrogen and oxygen atoms in total. The number of nitrogens with one attached hydrogen (secondary N) is 3. The lowest BCUT2D eigenvalue weighted by molar-refractivity contribution is 0.0954. The summed E-state index contributed by atoms with van der Waals surface area (Å²) in [5, 5.41) is 6.00. The highest BCUT2D eigenvalue weighted by Gasteiger charge is 2.14. The van der Waals surface area contributed by atoms with E-state index in [1.807, 2.05) is 0 Å². The molecule has 0 heterocycles. The van der Waals surface area contributed by atoms with Gasteiger partial charge in [-0.1, -0.05) is 31.2 Å². The summed E-state index contributed by atoms with van der Waals surface area (Å²) in [7, 11) is -3.67.